The van der Waals surface area contributed by atoms with Crippen LogP contribution >= 0.6 is 0 Å². The molecule has 2 N–H and O–H groups in total. The lowest BCUT2D eigenvalue weighted by atomic mass is 10.0. The number of benzene rings is 3. The largest absolute Gasteiger partial charge is 0.344 e. The van der Waals surface area contributed by atoms with Gasteiger partial charge < -0.3 is 10.6 Å². The van der Waals surface area contributed by atoms with E-state index in [1.165, 1.54) is 0 Å². The standard InChI is InChI=1S/C26H26N4O2/c1-18(2)25(26(32)28-22-16-27-30(17-22)23-10-4-3-5-11-23)29-24(31)15-19-12-13-20-8-6-7-9-21(20)14-19/h3-14,16-18,25H,15H2,1-2H3,(H,28,32)(H,29,31). The highest BCUT2D eigenvalue weighted by Crippen LogP contribution is 2.17. The Morgan fingerprint density at radius 2 is 1.66 bits per heavy atom. The molecule has 0 saturated carbocycles. The fourth-order valence-electron chi connectivity index (χ4n) is 3.62. The van der Waals surface area contributed by atoms with E-state index >= 15 is 0 Å². The number of rotatable bonds is 7. The molecule has 0 spiro atoms. The maximum Gasteiger partial charge on any atom is 0.247 e. The molecule has 1 heterocycles. The molecule has 0 aliphatic rings. The van der Waals surface area contributed by atoms with Crippen molar-refractivity contribution >= 4 is 28.3 Å². The SMILES string of the molecule is CC(C)C(NC(=O)Cc1ccc2ccccc2c1)C(=O)Nc1cnn(-c2ccccc2)c1. The second kappa shape index (κ2) is 9.47. The Bertz CT molecular complexity index is 1230. The minimum Gasteiger partial charge on any atom is -0.344 e. The summed E-state index contributed by atoms with van der Waals surface area (Å²) < 4.78 is 1.69. The summed E-state index contributed by atoms with van der Waals surface area (Å²) in [6.45, 7) is 3.82. The monoisotopic (exact) mass is 426 g/mol. The third kappa shape index (κ3) is 5.03. The first-order valence-corrected chi connectivity index (χ1v) is 10.7. The Balaban J connectivity index is 1.40. The normalized spacial score (nSPS) is 12.0. The third-order valence-electron chi connectivity index (χ3n) is 5.32. The molecule has 0 aliphatic heterocycles. The maximum atomic E-state index is 12.9. The minimum atomic E-state index is -0.650. The predicted molar refractivity (Wildman–Crippen MR) is 127 cm³/mol. The zero-order valence-corrected chi connectivity index (χ0v) is 18.2. The summed E-state index contributed by atoms with van der Waals surface area (Å²) in [5.41, 5.74) is 2.39. The van der Waals surface area contributed by atoms with Gasteiger partial charge in [0.2, 0.25) is 11.8 Å². The number of nitrogens with one attached hydrogen (secondary N) is 2. The summed E-state index contributed by atoms with van der Waals surface area (Å²) in [5, 5.41) is 12.3. The number of amides is 2. The summed E-state index contributed by atoms with van der Waals surface area (Å²) >= 11 is 0. The molecule has 6 heteroatoms. The Labute approximate surface area is 187 Å². The summed E-state index contributed by atoms with van der Waals surface area (Å²) in [5.74, 6) is -0.520. The maximum absolute atomic E-state index is 12.9. The van der Waals surface area contributed by atoms with E-state index in [4.69, 9.17) is 0 Å². The average Bonchev–Trinajstić information content (AvgIpc) is 3.26. The smallest absolute Gasteiger partial charge is 0.247 e. The molecule has 162 valence electrons. The first-order valence-electron chi connectivity index (χ1n) is 10.7. The fraction of sp³-hybridized carbons (Fsp3) is 0.192. The molecule has 4 rings (SSSR count). The van der Waals surface area contributed by atoms with E-state index in [1.807, 2.05) is 86.6 Å². The van der Waals surface area contributed by atoms with Crippen molar-refractivity contribution in [3.63, 3.8) is 0 Å². The Hall–Kier alpha value is -3.93. The molecule has 0 radical (unpaired) electrons. The Kier molecular flexibility index (Phi) is 6.31. The van der Waals surface area contributed by atoms with Crippen molar-refractivity contribution in [1.82, 2.24) is 15.1 Å². The molecule has 6 nitrogen and oxygen atoms in total. The molecule has 1 unspecified atom stereocenters. The highest BCUT2D eigenvalue weighted by atomic mass is 16.2. The van der Waals surface area contributed by atoms with Crippen molar-refractivity contribution in [3.05, 3.63) is 90.8 Å². The van der Waals surface area contributed by atoms with Gasteiger partial charge in [-0.25, -0.2) is 4.68 Å². The number of hydrogen-bond acceptors (Lipinski definition) is 3. The van der Waals surface area contributed by atoms with Crippen molar-refractivity contribution in [2.75, 3.05) is 5.32 Å². The van der Waals surface area contributed by atoms with Gasteiger partial charge in [0, 0.05) is 0 Å². The number of carbonyl (C=O) groups excluding carboxylic acids is 2. The van der Waals surface area contributed by atoms with Gasteiger partial charge in [-0.15, -0.1) is 0 Å². The predicted octanol–water partition coefficient (Wildman–Crippen LogP) is 4.35. The lowest BCUT2D eigenvalue weighted by Crippen LogP contribution is -2.47. The molecule has 0 aliphatic carbocycles. The van der Waals surface area contributed by atoms with Crippen LogP contribution in [0.1, 0.15) is 19.4 Å². The van der Waals surface area contributed by atoms with Crippen LogP contribution in [0.4, 0.5) is 5.69 Å². The number of carbonyl (C=O) groups is 2. The fourth-order valence-corrected chi connectivity index (χ4v) is 3.62. The van der Waals surface area contributed by atoms with Gasteiger partial charge in [-0.2, -0.15) is 5.10 Å². The van der Waals surface area contributed by atoms with Gasteiger partial charge in [0.25, 0.3) is 0 Å². The van der Waals surface area contributed by atoms with Gasteiger partial charge >= 0.3 is 0 Å². The number of hydrogen-bond donors (Lipinski definition) is 2. The third-order valence-corrected chi connectivity index (χ3v) is 5.32. The van der Waals surface area contributed by atoms with E-state index in [0.29, 0.717) is 5.69 Å². The zero-order chi connectivity index (χ0) is 22.5. The molecular weight excluding hydrogens is 400 g/mol. The quantitative estimate of drug-likeness (QED) is 0.461. The number of anilines is 1. The molecule has 0 fully saturated rings. The van der Waals surface area contributed by atoms with Crippen LogP contribution in [0.2, 0.25) is 0 Å². The lowest BCUT2D eigenvalue weighted by Gasteiger charge is -2.21. The van der Waals surface area contributed by atoms with Gasteiger partial charge in [-0.1, -0.05) is 74.5 Å². The highest BCUT2D eigenvalue weighted by molar-refractivity contribution is 5.97. The number of fused-ring (bicyclic) bond motifs is 1. The van der Waals surface area contributed by atoms with Crippen LogP contribution in [-0.4, -0.2) is 27.6 Å². The molecule has 3 aromatic carbocycles. The second-order valence-corrected chi connectivity index (χ2v) is 8.15. The molecular formula is C26H26N4O2. The van der Waals surface area contributed by atoms with Crippen molar-refractivity contribution < 1.29 is 9.59 Å². The molecule has 32 heavy (non-hydrogen) atoms. The van der Waals surface area contributed by atoms with E-state index in [0.717, 1.165) is 22.0 Å². The number of aromatic nitrogens is 2. The van der Waals surface area contributed by atoms with Crippen molar-refractivity contribution in [2.45, 2.75) is 26.3 Å². The summed E-state index contributed by atoms with van der Waals surface area (Å²) in [6, 6.07) is 23.0. The van der Waals surface area contributed by atoms with Crippen LogP contribution in [0.25, 0.3) is 16.5 Å². The van der Waals surface area contributed by atoms with Crippen LogP contribution in [0.15, 0.2) is 85.2 Å². The Morgan fingerprint density at radius 3 is 2.41 bits per heavy atom. The van der Waals surface area contributed by atoms with E-state index in [9.17, 15) is 9.59 Å². The molecule has 2 amide bonds. The number of para-hydroxylation sites is 1. The van der Waals surface area contributed by atoms with Crippen LogP contribution in [0.5, 0.6) is 0 Å². The molecule has 1 atom stereocenters. The van der Waals surface area contributed by atoms with Crippen LogP contribution in [0.3, 0.4) is 0 Å². The molecule has 0 bridgehead atoms. The minimum absolute atomic E-state index is 0.0697. The van der Waals surface area contributed by atoms with Crippen molar-refractivity contribution in [3.8, 4) is 5.69 Å². The summed E-state index contributed by atoms with van der Waals surface area (Å²) in [6.07, 6.45) is 3.56. The summed E-state index contributed by atoms with van der Waals surface area (Å²) in [4.78, 5) is 25.6. The molecule has 0 saturated heterocycles. The van der Waals surface area contributed by atoms with E-state index in [-0.39, 0.29) is 24.2 Å². The molecule has 1 aromatic heterocycles. The first-order chi connectivity index (χ1) is 15.5. The van der Waals surface area contributed by atoms with Gasteiger partial charge in [-0.3, -0.25) is 9.59 Å². The van der Waals surface area contributed by atoms with Crippen LogP contribution < -0.4 is 10.6 Å². The second-order valence-electron chi connectivity index (χ2n) is 8.15. The van der Waals surface area contributed by atoms with E-state index in [2.05, 4.69) is 15.7 Å². The van der Waals surface area contributed by atoms with Crippen LogP contribution in [-0.2, 0) is 16.0 Å². The van der Waals surface area contributed by atoms with Gasteiger partial charge in [0.1, 0.15) is 6.04 Å². The van der Waals surface area contributed by atoms with Gasteiger partial charge in [-0.05, 0) is 34.4 Å². The first kappa shape index (κ1) is 21.3. The highest BCUT2D eigenvalue weighted by Gasteiger charge is 2.24. The molecule has 4 aromatic rings. The lowest BCUT2D eigenvalue weighted by molar-refractivity contribution is -0.127. The van der Waals surface area contributed by atoms with Crippen molar-refractivity contribution in [2.24, 2.45) is 5.92 Å². The van der Waals surface area contributed by atoms with Gasteiger partial charge in [0.15, 0.2) is 0 Å². The van der Waals surface area contributed by atoms with Gasteiger partial charge in [0.05, 0.1) is 30.2 Å². The number of nitrogens with zero attached hydrogens (tertiary/aromatic N) is 2. The van der Waals surface area contributed by atoms with Crippen molar-refractivity contribution in [1.29, 1.82) is 0 Å². The average molecular weight is 427 g/mol. The Morgan fingerprint density at radius 1 is 0.938 bits per heavy atom. The van der Waals surface area contributed by atoms with Crippen LogP contribution in [0, 0.1) is 5.92 Å². The topological polar surface area (TPSA) is 76.0 Å². The van der Waals surface area contributed by atoms with E-state index in [1.54, 1.807) is 17.1 Å². The zero-order valence-electron chi connectivity index (χ0n) is 18.2. The van der Waals surface area contributed by atoms with E-state index < -0.39 is 6.04 Å². The summed E-state index contributed by atoms with van der Waals surface area (Å²) in [7, 11) is 0.